The lowest BCUT2D eigenvalue weighted by atomic mass is 9.92. The Labute approximate surface area is 148 Å². The van der Waals surface area contributed by atoms with Crippen molar-refractivity contribution in [2.75, 3.05) is 31.6 Å². The number of nitrogens with zero attached hydrogens (tertiary/aromatic N) is 4. The van der Waals surface area contributed by atoms with Crippen molar-refractivity contribution in [2.45, 2.75) is 25.4 Å². The van der Waals surface area contributed by atoms with Gasteiger partial charge in [0.2, 0.25) is 0 Å². The molecule has 1 aliphatic heterocycles. The van der Waals surface area contributed by atoms with Crippen LogP contribution in [0.3, 0.4) is 0 Å². The third-order valence-electron chi connectivity index (χ3n) is 4.57. The molecule has 132 valence electrons. The minimum Gasteiger partial charge on any atom is -0.386 e. The Morgan fingerprint density at radius 1 is 1.40 bits per heavy atom. The van der Waals surface area contributed by atoms with E-state index in [9.17, 15) is 9.90 Å². The van der Waals surface area contributed by atoms with Gasteiger partial charge in [-0.25, -0.2) is 4.98 Å². The van der Waals surface area contributed by atoms with Crippen LogP contribution in [-0.2, 0) is 0 Å². The minimum absolute atomic E-state index is 0.0752. The van der Waals surface area contributed by atoms with Gasteiger partial charge in [-0.3, -0.25) is 9.78 Å². The average Bonchev–Trinajstić information content (AvgIpc) is 2.61. The predicted molar refractivity (Wildman–Crippen MR) is 96.6 cm³/mol. The number of β-amino-alcohol motifs (C(OH)–C–C–N with tert-alkyl or cyclic N) is 1. The lowest BCUT2D eigenvalue weighted by Gasteiger charge is -2.41. The van der Waals surface area contributed by atoms with Crippen LogP contribution in [0.1, 0.15) is 28.8 Å². The van der Waals surface area contributed by atoms with Crippen molar-refractivity contribution in [3.63, 3.8) is 0 Å². The SMILES string of the molecule is Cc1cccc(C(=O)N(C)C[C@@]2(O)CCCN(c3cnccn3)C2)c1. The number of piperidine rings is 1. The molecule has 6 heteroatoms. The van der Waals surface area contributed by atoms with Crippen LogP contribution >= 0.6 is 0 Å². The average molecular weight is 340 g/mol. The van der Waals surface area contributed by atoms with Crippen molar-refractivity contribution < 1.29 is 9.90 Å². The quantitative estimate of drug-likeness (QED) is 0.920. The van der Waals surface area contributed by atoms with Gasteiger partial charge in [-0.1, -0.05) is 17.7 Å². The number of anilines is 1. The van der Waals surface area contributed by atoms with Crippen LogP contribution in [0.15, 0.2) is 42.9 Å². The van der Waals surface area contributed by atoms with Crippen molar-refractivity contribution in [3.05, 3.63) is 54.0 Å². The predicted octanol–water partition coefficient (Wildman–Crippen LogP) is 1.89. The van der Waals surface area contributed by atoms with E-state index >= 15 is 0 Å². The summed E-state index contributed by atoms with van der Waals surface area (Å²) in [5, 5.41) is 11.0. The minimum atomic E-state index is -0.954. The molecule has 1 aromatic heterocycles. The van der Waals surface area contributed by atoms with Crippen molar-refractivity contribution in [1.29, 1.82) is 0 Å². The Hall–Kier alpha value is -2.47. The highest BCUT2D eigenvalue weighted by Crippen LogP contribution is 2.25. The number of aliphatic hydroxyl groups is 1. The van der Waals surface area contributed by atoms with Gasteiger partial charge in [0.15, 0.2) is 0 Å². The molecule has 1 aromatic carbocycles. The van der Waals surface area contributed by atoms with Gasteiger partial charge in [0.1, 0.15) is 5.82 Å². The molecule has 0 unspecified atom stereocenters. The first-order valence-corrected chi connectivity index (χ1v) is 8.52. The maximum atomic E-state index is 12.6. The van der Waals surface area contributed by atoms with E-state index in [0.717, 1.165) is 24.3 Å². The van der Waals surface area contributed by atoms with Crippen LogP contribution in [0.5, 0.6) is 0 Å². The van der Waals surface area contributed by atoms with E-state index in [2.05, 4.69) is 9.97 Å². The Morgan fingerprint density at radius 3 is 2.96 bits per heavy atom. The molecule has 6 nitrogen and oxygen atoms in total. The molecule has 2 heterocycles. The number of benzene rings is 1. The number of carbonyl (C=O) groups is 1. The molecule has 0 bridgehead atoms. The molecule has 1 amide bonds. The zero-order chi connectivity index (χ0) is 17.9. The standard InChI is InChI=1S/C19H24N4O2/c1-15-5-3-6-16(11-15)18(24)22(2)13-19(25)7-4-10-23(14-19)17-12-20-8-9-21-17/h3,5-6,8-9,11-12,25H,4,7,10,13-14H2,1-2H3/t19-/m0/s1. The summed E-state index contributed by atoms with van der Waals surface area (Å²) >= 11 is 0. The fourth-order valence-electron chi connectivity index (χ4n) is 3.40. The van der Waals surface area contributed by atoms with E-state index in [0.29, 0.717) is 18.5 Å². The fourth-order valence-corrected chi connectivity index (χ4v) is 3.40. The summed E-state index contributed by atoms with van der Waals surface area (Å²) in [6.07, 6.45) is 6.49. The molecular formula is C19H24N4O2. The topological polar surface area (TPSA) is 69.6 Å². The normalized spacial score (nSPS) is 20.4. The highest BCUT2D eigenvalue weighted by atomic mass is 16.3. The zero-order valence-corrected chi connectivity index (χ0v) is 14.7. The number of likely N-dealkylation sites (N-methyl/N-ethyl adjacent to an activating group) is 1. The van der Waals surface area contributed by atoms with Crippen molar-refractivity contribution in [2.24, 2.45) is 0 Å². The van der Waals surface area contributed by atoms with Gasteiger partial charge in [0.05, 0.1) is 18.3 Å². The smallest absolute Gasteiger partial charge is 0.253 e. The highest BCUT2D eigenvalue weighted by Gasteiger charge is 2.36. The van der Waals surface area contributed by atoms with Crippen LogP contribution in [0.4, 0.5) is 5.82 Å². The highest BCUT2D eigenvalue weighted by molar-refractivity contribution is 5.94. The second kappa shape index (κ2) is 7.19. The van der Waals surface area contributed by atoms with Crippen LogP contribution < -0.4 is 4.90 Å². The molecule has 1 atom stereocenters. The van der Waals surface area contributed by atoms with Gasteiger partial charge in [-0.2, -0.15) is 0 Å². The maximum absolute atomic E-state index is 12.6. The number of rotatable bonds is 4. The van der Waals surface area contributed by atoms with Crippen molar-refractivity contribution in [1.82, 2.24) is 14.9 Å². The number of aromatic nitrogens is 2. The molecule has 0 saturated carbocycles. The van der Waals surface area contributed by atoms with E-state index < -0.39 is 5.60 Å². The third-order valence-corrected chi connectivity index (χ3v) is 4.57. The van der Waals surface area contributed by atoms with Gasteiger partial charge < -0.3 is 14.9 Å². The first kappa shape index (κ1) is 17.4. The molecule has 1 saturated heterocycles. The first-order chi connectivity index (χ1) is 12.0. The van der Waals surface area contributed by atoms with Gasteiger partial charge in [0.25, 0.3) is 5.91 Å². The number of aryl methyl sites for hydroxylation is 1. The van der Waals surface area contributed by atoms with Gasteiger partial charge in [0, 0.05) is 38.1 Å². The Kier molecular flexibility index (Phi) is 4.99. The van der Waals surface area contributed by atoms with Crippen LogP contribution in [-0.4, -0.2) is 58.2 Å². The number of amides is 1. The molecule has 1 N–H and O–H groups in total. The molecule has 1 fully saturated rings. The molecule has 0 radical (unpaired) electrons. The zero-order valence-electron chi connectivity index (χ0n) is 14.7. The third kappa shape index (κ3) is 4.14. The summed E-state index contributed by atoms with van der Waals surface area (Å²) in [5.74, 6) is 0.682. The number of hydrogen-bond donors (Lipinski definition) is 1. The second-order valence-corrected chi connectivity index (χ2v) is 6.84. The van der Waals surface area contributed by atoms with Gasteiger partial charge in [-0.15, -0.1) is 0 Å². The molecule has 0 spiro atoms. The molecule has 0 aliphatic carbocycles. The van der Waals surface area contributed by atoms with E-state index in [-0.39, 0.29) is 12.5 Å². The Bertz CT molecular complexity index is 737. The molecular weight excluding hydrogens is 316 g/mol. The summed E-state index contributed by atoms with van der Waals surface area (Å²) in [5.41, 5.74) is 0.737. The lowest BCUT2D eigenvalue weighted by Crippen LogP contribution is -2.54. The summed E-state index contributed by atoms with van der Waals surface area (Å²) in [7, 11) is 1.74. The van der Waals surface area contributed by atoms with Crippen molar-refractivity contribution >= 4 is 11.7 Å². The van der Waals surface area contributed by atoms with Gasteiger partial charge >= 0.3 is 0 Å². The molecule has 1 aliphatic rings. The Balaban J connectivity index is 1.69. The van der Waals surface area contributed by atoms with E-state index in [1.807, 2.05) is 36.1 Å². The molecule has 3 rings (SSSR count). The second-order valence-electron chi connectivity index (χ2n) is 6.84. The van der Waals surface area contributed by atoms with E-state index in [4.69, 9.17) is 0 Å². The monoisotopic (exact) mass is 340 g/mol. The van der Waals surface area contributed by atoms with Crippen LogP contribution in [0, 0.1) is 6.92 Å². The molecule has 2 aromatic rings. The summed E-state index contributed by atoms with van der Waals surface area (Å²) < 4.78 is 0. The van der Waals surface area contributed by atoms with E-state index in [1.54, 1.807) is 30.5 Å². The fraction of sp³-hybridized carbons (Fsp3) is 0.421. The van der Waals surface area contributed by atoms with Crippen molar-refractivity contribution in [3.8, 4) is 0 Å². The summed E-state index contributed by atoms with van der Waals surface area (Å²) in [6.45, 7) is 3.52. The summed E-state index contributed by atoms with van der Waals surface area (Å²) in [6, 6.07) is 7.52. The maximum Gasteiger partial charge on any atom is 0.253 e. The van der Waals surface area contributed by atoms with Gasteiger partial charge in [-0.05, 0) is 31.9 Å². The first-order valence-electron chi connectivity index (χ1n) is 8.52. The lowest BCUT2D eigenvalue weighted by molar-refractivity contribution is -0.000145. The number of hydrogen-bond acceptors (Lipinski definition) is 5. The largest absolute Gasteiger partial charge is 0.386 e. The Morgan fingerprint density at radius 2 is 2.24 bits per heavy atom. The van der Waals surface area contributed by atoms with Crippen LogP contribution in [0.25, 0.3) is 0 Å². The van der Waals surface area contributed by atoms with E-state index in [1.165, 1.54) is 0 Å². The summed E-state index contributed by atoms with van der Waals surface area (Å²) in [4.78, 5) is 24.7. The molecule has 25 heavy (non-hydrogen) atoms. The van der Waals surface area contributed by atoms with Crippen LogP contribution in [0.2, 0.25) is 0 Å². The number of carbonyl (C=O) groups excluding carboxylic acids is 1.